The highest BCUT2D eigenvalue weighted by Gasteiger charge is 2.56. The van der Waals surface area contributed by atoms with Crippen LogP contribution >= 0.6 is 0 Å². The van der Waals surface area contributed by atoms with Crippen molar-refractivity contribution in [3.8, 4) is 0 Å². The zero-order valence-corrected chi connectivity index (χ0v) is 16.3. The summed E-state index contributed by atoms with van der Waals surface area (Å²) in [5.41, 5.74) is -2.36. The molecule has 0 bridgehead atoms. The molecule has 0 spiro atoms. The number of hydrogen-bond donors (Lipinski definition) is 1. The molecule has 154 valence electrons. The van der Waals surface area contributed by atoms with Crippen molar-refractivity contribution in [2.75, 3.05) is 6.61 Å². The summed E-state index contributed by atoms with van der Waals surface area (Å²) in [4.78, 5) is 58.0. The molecule has 0 radical (unpaired) electrons. The van der Waals surface area contributed by atoms with Crippen molar-refractivity contribution in [2.24, 2.45) is 5.92 Å². The molecule has 10 nitrogen and oxygen atoms in total. The summed E-state index contributed by atoms with van der Waals surface area (Å²) >= 11 is 0. The molecule has 0 heterocycles. The fourth-order valence-corrected chi connectivity index (χ4v) is 2.58. The first-order valence-corrected chi connectivity index (χ1v) is 8.22. The van der Waals surface area contributed by atoms with E-state index in [1.54, 1.807) is 13.8 Å². The number of carbonyl (C=O) groups is 5. The molecule has 0 rings (SSSR count). The number of carboxylic acid groups (broad SMARTS) is 1. The van der Waals surface area contributed by atoms with E-state index in [2.05, 4.69) is 0 Å². The van der Waals surface area contributed by atoms with Crippen molar-refractivity contribution >= 4 is 29.8 Å². The second-order valence-electron chi connectivity index (χ2n) is 6.37. The molecule has 0 aromatic carbocycles. The SMILES string of the molecule is CC(=O)OC[C@@H](OC(C)=O)[C@@H](OC(C)=O)[C@](CC(C)C)(OC(C)=O)C(=O)O. The van der Waals surface area contributed by atoms with Crippen LogP contribution in [-0.2, 0) is 42.9 Å². The van der Waals surface area contributed by atoms with Crippen molar-refractivity contribution in [3.63, 3.8) is 0 Å². The van der Waals surface area contributed by atoms with Gasteiger partial charge in [-0.15, -0.1) is 0 Å². The lowest BCUT2D eigenvalue weighted by Crippen LogP contribution is -2.61. The molecule has 0 aromatic rings. The second kappa shape index (κ2) is 10.5. The first-order chi connectivity index (χ1) is 12.3. The van der Waals surface area contributed by atoms with Crippen molar-refractivity contribution in [1.29, 1.82) is 0 Å². The predicted octanol–water partition coefficient (Wildman–Crippen LogP) is 0.846. The van der Waals surface area contributed by atoms with Gasteiger partial charge in [-0.1, -0.05) is 13.8 Å². The van der Waals surface area contributed by atoms with E-state index >= 15 is 0 Å². The highest BCUT2D eigenvalue weighted by Crippen LogP contribution is 2.32. The number of rotatable bonds is 10. The van der Waals surface area contributed by atoms with Crippen LogP contribution in [0.2, 0.25) is 0 Å². The number of aliphatic carboxylic acids is 1. The standard InChI is InChI=1S/C17H26O10/c1-9(2)7-17(16(22)23,27-13(6)21)15(26-12(5)20)14(25-11(4)19)8-24-10(3)18/h9,14-15H,7-8H2,1-6H3,(H,22,23)/t14-,15-,17+/m1/s1. The van der Waals surface area contributed by atoms with Gasteiger partial charge >= 0.3 is 29.8 Å². The Morgan fingerprint density at radius 3 is 1.70 bits per heavy atom. The Bertz CT molecular complexity index is 582. The lowest BCUT2D eigenvalue weighted by Gasteiger charge is -2.39. The lowest BCUT2D eigenvalue weighted by molar-refractivity contribution is -0.219. The molecule has 0 amide bonds. The van der Waals surface area contributed by atoms with Gasteiger partial charge in [0.15, 0.2) is 12.2 Å². The lowest BCUT2D eigenvalue weighted by atomic mass is 9.84. The van der Waals surface area contributed by atoms with Crippen molar-refractivity contribution in [2.45, 2.75) is 65.8 Å². The maximum atomic E-state index is 12.1. The number of carbonyl (C=O) groups excluding carboxylic acids is 4. The van der Waals surface area contributed by atoms with Crippen molar-refractivity contribution in [1.82, 2.24) is 0 Å². The van der Waals surface area contributed by atoms with Gasteiger partial charge in [-0.3, -0.25) is 19.2 Å². The molecule has 3 atom stereocenters. The second-order valence-corrected chi connectivity index (χ2v) is 6.37. The number of esters is 4. The van der Waals surface area contributed by atoms with E-state index in [1.165, 1.54) is 0 Å². The minimum Gasteiger partial charge on any atom is -0.478 e. The topological polar surface area (TPSA) is 142 Å². The van der Waals surface area contributed by atoms with Crippen LogP contribution in [0.1, 0.15) is 48.0 Å². The van der Waals surface area contributed by atoms with Gasteiger partial charge in [-0.25, -0.2) is 4.79 Å². The van der Waals surface area contributed by atoms with Gasteiger partial charge in [-0.05, 0) is 5.92 Å². The molecule has 0 aliphatic heterocycles. The molecule has 10 heteroatoms. The quantitative estimate of drug-likeness (QED) is 0.421. The van der Waals surface area contributed by atoms with Gasteiger partial charge in [0.05, 0.1) is 0 Å². The fourth-order valence-electron chi connectivity index (χ4n) is 2.58. The molecule has 0 saturated heterocycles. The fraction of sp³-hybridized carbons (Fsp3) is 0.706. The molecule has 0 aliphatic rings. The first-order valence-electron chi connectivity index (χ1n) is 8.22. The average molecular weight is 390 g/mol. The summed E-state index contributed by atoms with van der Waals surface area (Å²) in [5.74, 6) is -5.32. The van der Waals surface area contributed by atoms with E-state index in [1.807, 2.05) is 0 Å². The normalized spacial score (nSPS) is 15.1. The minimum absolute atomic E-state index is 0.252. The predicted molar refractivity (Wildman–Crippen MR) is 89.3 cm³/mol. The maximum absolute atomic E-state index is 12.1. The van der Waals surface area contributed by atoms with Crippen LogP contribution in [0, 0.1) is 5.92 Å². The molecular weight excluding hydrogens is 364 g/mol. The molecule has 1 N–H and O–H groups in total. The molecular formula is C17H26O10. The summed E-state index contributed by atoms with van der Waals surface area (Å²) < 4.78 is 20.1. The van der Waals surface area contributed by atoms with Crippen molar-refractivity contribution in [3.05, 3.63) is 0 Å². The highest BCUT2D eigenvalue weighted by atomic mass is 16.6. The summed E-state index contributed by atoms with van der Waals surface area (Å²) in [6, 6.07) is 0. The molecule has 0 saturated carbocycles. The van der Waals surface area contributed by atoms with E-state index in [4.69, 9.17) is 18.9 Å². The average Bonchev–Trinajstić information content (AvgIpc) is 2.46. The van der Waals surface area contributed by atoms with E-state index in [-0.39, 0.29) is 12.3 Å². The Labute approximate surface area is 157 Å². The van der Waals surface area contributed by atoms with E-state index in [9.17, 15) is 29.1 Å². The highest BCUT2D eigenvalue weighted by molar-refractivity contribution is 5.83. The van der Waals surface area contributed by atoms with Crippen LogP contribution < -0.4 is 0 Å². The molecule has 0 fully saturated rings. The first kappa shape index (κ1) is 24.4. The summed E-state index contributed by atoms with van der Waals surface area (Å²) in [5, 5.41) is 9.85. The molecule has 0 aromatic heterocycles. The van der Waals surface area contributed by atoms with Gasteiger partial charge in [0, 0.05) is 34.1 Å². The zero-order valence-electron chi connectivity index (χ0n) is 16.3. The van der Waals surface area contributed by atoms with Crippen LogP contribution in [0.15, 0.2) is 0 Å². The van der Waals surface area contributed by atoms with Crippen LogP contribution in [-0.4, -0.2) is 59.4 Å². The minimum atomic E-state index is -2.36. The van der Waals surface area contributed by atoms with Gasteiger partial charge in [-0.2, -0.15) is 0 Å². The Morgan fingerprint density at radius 2 is 1.37 bits per heavy atom. The third-order valence-electron chi connectivity index (χ3n) is 3.26. The van der Waals surface area contributed by atoms with E-state index in [0.717, 1.165) is 27.7 Å². The monoisotopic (exact) mass is 390 g/mol. The number of hydrogen-bond acceptors (Lipinski definition) is 9. The van der Waals surface area contributed by atoms with Crippen LogP contribution in [0.4, 0.5) is 0 Å². The van der Waals surface area contributed by atoms with Gasteiger partial charge in [0.1, 0.15) is 6.61 Å². The maximum Gasteiger partial charge on any atom is 0.352 e. The largest absolute Gasteiger partial charge is 0.478 e. The zero-order chi connectivity index (χ0) is 21.4. The van der Waals surface area contributed by atoms with Crippen molar-refractivity contribution < 1.29 is 48.0 Å². The molecule has 0 aliphatic carbocycles. The molecule has 0 unspecified atom stereocenters. The van der Waals surface area contributed by atoms with E-state index in [0.29, 0.717) is 0 Å². The summed E-state index contributed by atoms with van der Waals surface area (Å²) in [6.07, 6.45) is -3.51. The third kappa shape index (κ3) is 8.06. The van der Waals surface area contributed by atoms with Crippen LogP contribution in [0.25, 0.3) is 0 Å². The van der Waals surface area contributed by atoms with Gasteiger partial charge < -0.3 is 24.1 Å². The van der Waals surface area contributed by atoms with Crippen LogP contribution in [0.5, 0.6) is 0 Å². The summed E-state index contributed by atoms with van der Waals surface area (Å²) in [7, 11) is 0. The smallest absolute Gasteiger partial charge is 0.352 e. The Balaban J connectivity index is 6.35. The Hall–Kier alpha value is -2.65. The molecule has 27 heavy (non-hydrogen) atoms. The number of carboxylic acids is 1. The number of ether oxygens (including phenoxy) is 4. The Morgan fingerprint density at radius 1 is 0.852 bits per heavy atom. The Kier molecular flexibility index (Phi) is 9.46. The third-order valence-corrected chi connectivity index (χ3v) is 3.26. The van der Waals surface area contributed by atoms with Gasteiger partial charge in [0.25, 0.3) is 0 Å². The van der Waals surface area contributed by atoms with E-state index < -0.39 is 54.3 Å². The van der Waals surface area contributed by atoms with Crippen LogP contribution in [0.3, 0.4) is 0 Å². The van der Waals surface area contributed by atoms with Gasteiger partial charge in [0.2, 0.25) is 5.60 Å². The summed E-state index contributed by atoms with van der Waals surface area (Å²) in [6.45, 7) is 6.88.